The van der Waals surface area contributed by atoms with Crippen LogP contribution in [0.2, 0.25) is 0 Å². The van der Waals surface area contributed by atoms with Crippen LogP contribution in [0.15, 0.2) is 24.3 Å². The van der Waals surface area contributed by atoms with Gasteiger partial charge in [-0.05, 0) is 44.9 Å². The minimum Gasteiger partial charge on any atom is -0.394 e. The maximum absolute atomic E-state index is 13.3. The first kappa shape index (κ1) is 81.6. The molecular weight excluding hydrogens is 1100 g/mol. The first-order valence-corrected chi connectivity index (χ1v) is 37.1. The number of aliphatic hydroxyl groups is 8. The van der Waals surface area contributed by atoms with Gasteiger partial charge in [-0.2, -0.15) is 0 Å². The molecule has 14 nitrogen and oxygen atoms in total. The first-order chi connectivity index (χ1) is 42.6. The summed E-state index contributed by atoms with van der Waals surface area (Å²) in [5.41, 5.74) is 0. The SMILES string of the molecule is CCCCCCCCCC/C=C\CCCCCCCCCCCCCCCCCCCCCCCCCC(=O)NC(COC1OC(CO)C(OC2OC(CO)C(O)C(O)C2O)C(O)C1O)C(O)/C=C/CCCCCCCCCCCCCCCCCC. The Labute approximate surface area is 532 Å². The fraction of sp³-hybridized carbons (Fsp3) is 0.932. The average Bonchev–Trinajstić information content (AvgIpc) is 3.71. The zero-order valence-electron chi connectivity index (χ0n) is 56.0. The monoisotopic (exact) mass is 1240 g/mol. The van der Waals surface area contributed by atoms with Crippen molar-refractivity contribution in [3.63, 3.8) is 0 Å². The van der Waals surface area contributed by atoms with E-state index in [1.807, 2.05) is 6.08 Å². The third kappa shape index (κ3) is 42.4. The lowest BCUT2D eigenvalue weighted by atomic mass is 9.97. The predicted molar refractivity (Wildman–Crippen MR) is 355 cm³/mol. The molecule has 87 heavy (non-hydrogen) atoms. The van der Waals surface area contributed by atoms with Gasteiger partial charge >= 0.3 is 0 Å². The molecule has 0 aliphatic carbocycles. The number of aliphatic hydroxyl groups excluding tert-OH is 8. The highest BCUT2D eigenvalue weighted by Crippen LogP contribution is 2.30. The van der Waals surface area contributed by atoms with Crippen LogP contribution in [0.4, 0.5) is 0 Å². The molecule has 0 saturated carbocycles. The standard InChI is InChI=1S/C73H139NO13/c1-3-5-7-9-11-13-15-17-19-21-23-24-25-26-27-28-29-30-31-32-33-34-35-36-37-38-39-41-43-45-47-49-51-53-55-57-65(78)74-61(62(77)56-54-52-50-48-46-44-42-40-22-20-18-16-14-12-10-8-6-4-2)60-84-72-70(83)68(81)71(64(59-76)86-72)87-73-69(82)67(80)66(79)63(58-75)85-73/h21,23,54,56,61-64,66-73,75-77,79-83H,3-20,22,24-53,55,57-60H2,1-2H3,(H,74,78)/b23-21-,56-54+. The molecule has 1 amide bonds. The summed E-state index contributed by atoms with van der Waals surface area (Å²) in [6.07, 6.45) is 56.8. The van der Waals surface area contributed by atoms with Gasteiger partial charge in [-0.1, -0.05) is 314 Å². The van der Waals surface area contributed by atoms with E-state index in [1.54, 1.807) is 6.08 Å². The molecule has 514 valence electrons. The second-order valence-corrected chi connectivity index (χ2v) is 26.4. The molecule has 12 atom stereocenters. The lowest BCUT2D eigenvalue weighted by Gasteiger charge is -2.46. The summed E-state index contributed by atoms with van der Waals surface area (Å²) in [5, 5.41) is 87.4. The third-order valence-electron chi connectivity index (χ3n) is 18.4. The molecule has 2 rings (SSSR count). The molecule has 12 unspecified atom stereocenters. The number of amides is 1. The van der Waals surface area contributed by atoms with Crippen LogP contribution in [0.5, 0.6) is 0 Å². The van der Waals surface area contributed by atoms with Crippen molar-refractivity contribution in [3.8, 4) is 0 Å². The molecule has 0 aromatic carbocycles. The lowest BCUT2D eigenvalue weighted by molar-refractivity contribution is -0.359. The number of allylic oxidation sites excluding steroid dienone is 3. The molecule has 0 radical (unpaired) electrons. The topological polar surface area (TPSA) is 228 Å². The lowest BCUT2D eigenvalue weighted by Crippen LogP contribution is -2.65. The van der Waals surface area contributed by atoms with Crippen molar-refractivity contribution in [1.29, 1.82) is 0 Å². The van der Waals surface area contributed by atoms with Gasteiger partial charge in [-0.3, -0.25) is 4.79 Å². The molecule has 2 saturated heterocycles. The van der Waals surface area contributed by atoms with Crippen molar-refractivity contribution in [3.05, 3.63) is 24.3 Å². The normalized spacial score (nSPS) is 23.3. The van der Waals surface area contributed by atoms with Gasteiger partial charge in [0.1, 0.15) is 48.8 Å². The highest BCUT2D eigenvalue weighted by Gasteiger charge is 2.51. The van der Waals surface area contributed by atoms with Gasteiger partial charge in [0.15, 0.2) is 12.6 Å². The minimum absolute atomic E-state index is 0.232. The second-order valence-electron chi connectivity index (χ2n) is 26.4. The zero-order chi connectivity index (χ0) is 63.1. The van der Waals surface area contributed by atoms with Crippen molar-refractivity contribution < 1.29 is 64.6 Å². The highest BCUT2D eigenvalue weighted by atomic mass is 16.7. The number of hydrogen-bond donors (Lipinski definition) is 9. The largest absolute Gasteiger partial charge is 0.394 e. The molecule has 9 N–H and O–H groups in total. The summed E-state index contributed by atoms with van der Waals surface area (Å²) in [6.45, 7) is 2.85. The predicted octanol–water partition coefficient (Wildman–Crippen LogP) is 15.5. The first-order valence-electron chi connectivity index (χ1n) is 37.1. The van der Waals surface area contributed by atoms with Crippen molar-refractivity contribution >= 4 is 5.91 Å². The van der Waals surface area contributed by atoms with Crippen LogP contribution in [-0.2, 0) is 23.7 Å². The smallest absolute Gasteiger partial charge is 0.220 e. The fourth-order valence-electron chi connectivity index (χ4n) is 12.5. The van der Waals surface area contributed by atoms with E-state index in [0.29, 0.717) is 6.42 Å². The number of unbranched alkanes of at least 4 members (excludes halogenated alkanes) is 47. The van der Waals surface area contributed by atoms with Gasteiger partial charge in [0.2, 0.25) is 5.91 Å². The molecule has 0 bridgehead atoms. The van der Waals surface area contributed by atoms with Crippen LogP contribution in [0.25, 0.3) is 0 Å². The number of ether oxygens (including phenoxy) is 4. The third-order valence-corrected chi connectivity index (χ3v) is 18.4. The Morgan fingerprint density at radius 3 is 1.09 bits per heavy atom. The van der Waals surface area contributed by atoms with Gasteiger partial charge in [0.25, 0.3) is 0 Å². The summed E-state index contributed by atoms with van der Waals surface area (Å²) in [5.74, 6) is -0.232. The van der Waals surface area contributed by atoms with E-state index >= 15 is 0 Å². The molecule has 2 heterocycles. The Kier molecular flexibility index (Phi) is 54.7. The Hall–Kier alpha value is -1.53. The number of hydrogen-bond acceptors (Lipinski definition) is 13. The van der Waals surface area contributed by atoms with E-state index in [2.05, 4.69) is 31.3 Å². The summed E-state index contributed by atoms with van der Waals surface area (Å²) >= 11 is 0. The Balaban J connectivity index is 1.60. The van der Waals surface area contributed by atoms with E-state index < -0.39 is 86.8 Å². The zero-order valence-corrected chi connectivity index (χ0v) is 56.0. The molecule has 2 aliphatic heterocycles. The van der Waals surface area contributed by atoms with Crippen molar-refractivity contribution in [1.82, 2.24) is 5.32 Å². The van der Waals surface area contributed by atoms with E-state index in [0.717, 1.165) is 38.5 Å². The average molecular weight is 1240 g/mol. The van der Waals surface area contributed by atoms with Gasteiger partial charge < -0.3 is 65.1 Å². The number of carbonyl (C=O) groups excluding carboxylic acids is 1. The maximum Gasteiger partial charge on any atom is 0.220 e. The van der Waals surface area contributed by atoms with Gasteiger partial charge in [0, 0.05) is 6.42 Å². The Morgan fingerprint density at radius 2 is 0.724 bits per heavy atom. The van der Waals surface area contributed by atoms with Crippen LogP contribution in [0.3, 0.4) is 0 Å². The van der Waals surface area contributed by atoms with Crippen molar-refractivity contribution in [2.24, 2.45) is 0 Å². The quantitative estimate of drug-likeness (QED) is 0.0204. The molecule has 2 aliphatic rings. The molecule has 0 spiro atoms. The molecular formula is C73H139NO13. The van der Waals surface area contributed by atoms with E-state index in [9.17, 15) is 45.6 Å². The summed E-state index contributed by atoms with van der Waals surface area (Å²) < 4.78 is 22.9. The van der Waals surface area contributed by atoms with Crippen LogP contribution < -0.4 is 5.32 Å². The second kappa shape index (κ2) is 58.3. The van der Waals surface area contributed by atoms with Crippen molar-refractivity contribution in [2.45, 2.75) is 415 Å². The van der Waals surface area contributed by atoms with Gasteiger partial charge in [0.05, 0.1) is 32.0 Å². The van der Waals surface area contributed by atoms with E-state index in [4.69, 9.17) is 18.9 Å². The molecule has 14 heteroatoms. The summed E-state index contributed by atoms with van der Waals surface area (Å²) in [4.78, 5) is 13.3. The van der Waals surface area contributed by atoms with Crippen molar-refractivity contribution in [2.75, 3.05) is 19.8 Å². The molecule has 2 fully saturated rings. The van der Waals surface area contributed by atoms with Gasteiger partial charge in [-0.25, -0.2) is 0 Å². The van der Waals surface area contributed by atoms with E-state index in [1.165, 1.54) is 276 Å². The maximum atomic E-state index is 13.3. The van der Waals surface area contributed by atoms with E-state index in [-0.39, 0.29) is 18.9 Å². The molecule has 0 aromatic rings. The highest BCUT2D eigenvalue weighted by molar-refractivity contribution is 5.76. The number of carbonyl (C=O) groups is 1. The number of rotatable bonds is 62. The molecule has 0 aromatic heterocycles. The Bertz CT molecular complexity index is 1550. The fourth-order valence-corrected chi connectivity index (χ4v) is 12.5. The van der Waals surface area contributed by atoms with Crippen LogP contribution in [0.1, 0.15) is 341 Å². The number of nitrogens with one attached hydrogen (secondary N) is 1. The summed E-state index contributed by atoms with van der Waals surface area (Å²) in [7, 11) is 0. The summed E-state index contributed by atoms with van der Waals surface area (Å²) in [6, 6.07) is -0.912. The minimum atomic E-state index is -1.79. The van der Waals surface area contributed by atoms with Crippen LogP contribution in [0, 0.1) is 0 Å². The van der Waals surface area contributed by atoms with Crippen LogP contribution >= 0.6 is 0 Å². The Morgan fingerprint density at radius 1 is 0.402 bits per heavy atom. The van der Waals surface area contributed by atoms with Crippen LogP contribution in [-0.4, -0.2) is 140 Å². The van der Waals surface area contributed by atoms with Gasteiger partial charge in [-0.15, -0.1) is 0 Å².